The Morgan fingerprint density at radius 1 is 0.868 bits per heavy atom. The Morgan fingerprint density at radius 3 is 2.32 bits per heavy atom. The van der Waals surface area contributed by atoms with Gasteiger partial charge in [0.1, 0.15) is 5.75 Å². The highest BCUT2D eigenvalue weighted by Gasteiger charge is 2.15. The molecule has 0 aliphatic rings. The first-order chi connectivity index (χ1) is 18.4. The van der Waals surface area contributed by atoms with Crippen molar-refractivity contribution in [2.45, 2.75) is 13.0 Å². The summed E-state index contributed by atoms with van der Waals surface area (Å²) in [5.74, 6) is 0.272. The number of esters is 1. The lowest BCUT2D eigenvalue weighted by molar-refractivity contribution is -0.127. The van der Waals surface area contributed by atoms with Gasteiger partial charge in [0, 0.05) is 4.47 Å². The number of rotatable bonds is 9. The molecule has 0 heterocycles. The number of amides is 1. The number of nitrogens with zero attached hydrogens (tertiary/aromatic N) is 1. The smallest absolute Gasteiger partial charge is 0.343 e. The molecular weight excluding hydrogens is 548 g/mol. The van der Waals surface area contributed by atoms with Gasteiger partial charge in [-0.05, 0) is 72.1 Å². The maximum atomic E-state index is 12.5. The van der Waals surface area contributed by atoms with Crippen LogP contribution in [0.1, 0.15) is 22.8 Å². The van der Waals surface area contributed by atoms with Crippen molar-refractivity contribution >= 4 is 34.0 Å². The van der Waals surface area contributed by atoms with Crippen molar-refractivity contribution < 1.29 is 23.8 Å². The van der Waals surface area contributed by atoms with Crippen molar-refractivity contribution in [3.63, 3.8) is 0 Å². The molecule has 1 amide bonds. The van der Waals surface area contributed by atoms with Gasteiger partial charge in [-0.15, -0.1) is 0 Å². The van der Waals surface area contributed by atoms with Crippen LogP contribution >= 0.6 is 15.9 Å². The SMILES string of the molecule is COc1cc(/C=N\NC(=O)[C@@H](C)Oc2ccc(-c3ccccc3)cc2)ccc1OC(=O)c1cccc(Br)c1. The third kappa shape index (κ3) is 7.08. The summed E-state index contributed by atoms with van der Waals surface area (Å²) in [6.45, 7) is 1.65. The third-order valence-electron chi connectivity index (χ3n) is 5.48. The predicted molar refractivity (Wildman–Crippen MR) is 150 cm³/mol. The first-order valence-electron chi connectivity index (χ1n) is 11.7. The summed E-state index contributed by atoms with van der Waals surface area (Å²) in [4.78, 5) is 24.9. The van der Waals surface area contributed by atoms with Gasteiger partial charge in [-0.25, -0.2) is 10.2 Å². The fourth-order valence-electron chi connectivity index (χ4n) is 3.50. The number of carbonyl (C=O) groups excluding carboxylic acids is 2. The summed E-state index contributed by atoms with van der Waals surface area (Å²) in [6.07, 6.45) is 0.700. The number of nitrogens with one attached hydrogen (secondary N) is 1. The minimum Gasteiger partial charge on any atom is -0.493 e. The molecule has 0 spiro atoms. The van der Waals surface area contributed by atoms with E-state index in [2.05, 4.69) is 26.5 Å². The lowest BCUT2D eigenvalue weighted by Gasteiger charge is -2.13. The molecule has 0 aliphatic carbocycles. The van der Waals surface area contributed by atoms with Gasteiger partial charge >= 0.3 is 5.97 Å². The molecule has 0 unspecified atom stereocenters. The number of hydrogen-bond acceptors (Lipinski definition) is 6. The van der Waals surface area contributed by atoms with Crippen molar-refractivity contribution in [3.8, 4) is 28.4 Å². The highest BCUT2D eigenvalue weighted by molar-refractivity contribution is 9.10. The van der Waals surface area contributed by atoms with Crippen molar-refractivity contribution in [2.24, 2.45) is 5.10 Å². The average molecular weight is 573 g/mol. The van der Waals surface area contributed by atoms with Crippen molar-refractivity contribution in [2.75, 3.05) is 7.11 Å². The van der Waals surface area contributed by atoms with Crippen molar-refractivity contribution in [1.82, 2.24) is 5.43 Å². The van der Waals surface area contributed by atoms with Crippen LogP contribution in [0.5, 0.6) is 17.2 Å². The van der Waals surface area contributed by atoms with E-state index < -0.39 is 18.0 Å². The Morgan fingerprint density at radius 2 is 1.61 bits per heavy atom. The first-order valence-corrected chi connectivity index (χ1v) is 12.5. The first kappa shape index (κ1) is 26.6. The zero-order valence-corrected chi connectivity index (χ0v) is 22.3. The molecule has 0 saturated carbocycles. The van der Waals surface area contributed by atoms with Gasteiger partial charge in [-0.2, -0.15) is 5.10 Å². The highest BCUT2D eigenvalue weighted by Crippen LogP contribution is 2.29. The Kier molecular flexibility index (Phi) is 8.89. The van der Waals surface area contributed by atoms with E-state index in [0.717, 1.165) is 15.6 Å². The van der Waals surface area contributed by atoms with E-state index in [4.69, 9.17) is 14.2 Å². The molecule has 38 heavy (non-hydrogen) atoms. The second kappa shape index (κ2) is 12.7. The Labute approximate surface area is 229 Å². The van der Waals surface area contributed by atoms with Crippen LogP contribution in [0.4, 0.5) is 0 Å². The number of halogens is 1. The number of hydrazone groups is 1. The quantitative estimate of drug-likeness (QED) is 0.111. The average Bonchev–Trinajstić information content (AvgIpc) is 2.94. The van der Waals surface area contributed by atoms with Gasteiger partial charge < -0.3 is 14.2 Å². The summed E-state index contributed by atoms with van der Waals surface area (Å²) in [5.41, 5.74) is 5.67. The summed E-state index contributed by atoms with van der Waals surface area (Å²) >= 11 is 3.34. The maximum absolute atomic E-state index is 12.5. The topological polar surface area (TPSA) is 86.2 Å². The van der Waals surface area contributed by atoms with Crippen LogP contribution in [0, 0.1) is 0 Å². The monoisotopic (exact) mass is 572 g/mol. The summed E-state index contributed by atoms with van der Waals surface area (Å²) in [6, 6.07) is 29.4. The van der Waals surface area contributed by atoms with Crippen LogP contribution in [0.15, 0.2) is 107 Å². The molecular formula is C30H25BrN2O5. The van der Waals surface area contributed by atoms with Crippen molar-refractivity contribution in [3.05, 3.63) is 113 Å². The maximum Gasteiger partial charge on any atom is 0.343 e. The number of carbonyl (C=O) groups is 2. The summed E-state index contributed by atoms with van der Waals surface area (Å²) in [7, 11) is 1.47. The minimum absolute atomic E-state index is 0.263. The second-order valence-electron chi connectivity index (χ2n) is 8.19. The molecule has 4 aromatic carbocycles. The normalized spacial score (nSPS) is 11.6. The van der Waals surface area contributed by atoms with E-state index in [1.807, 2.05) is 60.7 Å². The van der Waals surface area contributed by atoms with Crippen LogP contribution < -0.4 is 19.6 Å². The molecule has 1 N–H and O–H groups in total. The predicted octanol–water partition coefficient (Wildman–Crippen LogP) is 6.26. The van der Waals surface area contributed by atoms with E-state index in [0.29, 0.717) is 22.6 Å². The number of ether oxygens (including phenoxy) is 3. The molecule has 0 saturated heterocycles. The van der Waals surface area contributed by atoms with Crippen LogP contribution in [0.3, 0.4) is 0 Å². The van der Waals surface area contributed by atoms with Gasteiger partial charge in [0.25, 0.3) is 5.91 Å². The minimum atomic E-state index is -0.760. The number of benzene rings is 4. The summed E-state index contributed by atoms with van der Waals surface area (Å²) in [5, 5.41) is 4.01. The van der Waals surface area contributed by atoms with E-state index in [-0.39, 0.29) is 5.75 Å². The zero-order valence-electron chi connectivity index (χ0n) is 20.8. The van der Waals surface area contributed by atoms with Crippen LogP contribution in [-0.4, -0.2) is 31.3 Å². The zero-order chi connectivity index (χ0) is 26.9. The standard InChI is InChI=1S/C30H25BrN2O5/c1-20(37-26-14-12-23(13-15-26)22-7-4-3-5-8-22)29(34)33-32-19-21-11-16-27(28(17-21)36-2)38-30(35)24-9-6-10-25(31)18-24/h3-20H,1-2H3,(H,33,34)/b32-19-/t20-/m1/s1. The molecule has 7 nitrogen and oxygen atoms in total. The van der Waals surface area contributed by atoms with E-state index in [1.54, 1.807) is 43.3 Å². The molecule has 4 aromatic rings. The third-order valence-corrected chi connectivity index (χ3v) is 5.98. The van der Waals surface area contributed by atoms with Crippen LogP contribution in [0.25, 0.3) is 11.1 Å². The molecule has 0 fully saturated rings. The molecule has 192 valence electrons. The van der Waals surface area contributed by atoms with Gasteiger partial charge in [0.05, 0.1) is 18.9 Å². The Balaban J connectivity index is 1.32. The molecule has 4 rings (SSSR count). The fourth-order valence-corrected chi connectivity index (χ4v) is 3.90. The number of methoxy groups -OCH3 is 1. The van der Waals surface area contributed by atoms with Crippen LogP contribution in [-0.2, 0) is 4.79 Å². The fraction of sp³-hybridized carbons (Fsp3) is 0.100. The highest BCUT2D eigenvalue weighted by atomic mass is 79.9. The van der Waals surface area contributed by atoms with Gasteiger partial charge in [0.15, 0.2) is 17.6 Å². The van der Waals surface area contributed by atoms with E-state index in [1.165, 1.54) is 13.3 Å². The Bertz CT molecular complexity index is 1440. The van der Waals surface area contributed by atoms with E-state index >= 15 is 0 Å². The molecule has 0 bridgehead atoms. The van der Waals surface area contributed by atoms with E-state index in [9.17, 15) is 9.59 Å². The molecule has 0 aromatic heterocycles. The second-order valence-corrected chi connectivity index (χ2v) is 9.11. The Hall–Kier alpha value is -4.43. The number of hydrogen-bond donors (Lipinski definition) is 1. The van der Waals surface area contributed by atoms with Gasteiger partial charge in [-0.3, -0.25) is 4.79 Å². The molecule has 0 aliphatic heterocycles. The molecule has 1 atom stereocenters. The lowest BCUT2D eigenvalue weighted by atomic mass is 10.1. The van der Waals surface area contributed by atoms with Gasteiger partial charge in [0.2, 0.25) is 0 Å². The lowest BCUT2D eigenvalue weighted by Crippen LogP contribution is -2.33. The molecule has 0 radical (unpaired) electrons. The largest absolute Gasteiger partial charge is 0.493 e. The van der Waals surface area contributed by atoms with Crippen LogP contribution in [0.2, 0.25) is 0 Å². The summed E-state index contributed by atoms with van der Waals surface area (Å²) < 4.78 is 17.4. The van der Waals surface area contributed by atoms with Gasteiger partial charge in [-0.1, -0.05) is 64.5 Å². The molecule has 8 heteroatoms. The van der Waals surface area contributed by atoms with Crippen molar-refractivity contribution in [1.29, 1.82) is 0 Å².